The van der Waals surface area contributed by atoms with Crippen molar-refractivity contribution in [2.24, 2.45) is 5.41 Å². The number of piperazine rings is 1. The zero-order valence-electron chi connectivity index (χ0n) is 15.2. The third kappa shape index (κ3) is 3.96. The second-order valence-electron chi connectivity index (χ2n) is 7.82. The number of aryl methyl sites for hydroxylation is 1. The molecule has 5 nitrogen and oxygen atoms in total. The van der Waals surface area contributed by atoms with Crippen molar-refractivity contribution in [2.75, 3.05) is 26.2 Å². The van der Waals surface area contributed by atoms with Gasteiger partial charge in [0.05, 0.1) is 4.90 Å². The summed E-state index contributed by atoms with van der Waals surface area (Å²) in [5, 5.41) is 0. The number of carbonyl (C=O) groups excluding carboxylic acids is 1. The number of hydrogen-bond donors (Lipinski definition) is 0. The number of benzene rings is 1. The van der Waals surface area contributed by atoms with Gasteiger partial charge in [0.1, 0.15) is 0 Å². The Labute approximate surface area is 150 Å². The maximum absolute atomic E-state index is 12.8. The van der Waals surface area contributed by atoms with Crippen molar-refractivity contribution in [2.45, 2.75) is 38.5 Å². The highest BCUT2D eigenvalue weighted by molar-refractivity contribution is 7.89. The molecule has 1 saturated heterocycles. The summed E-state index contributed by atoms with van der Waals surface area (Å²) >= 11 is 0. The molecule has 0 bridgehead atoms. The molecule has 25 heavy (non-hydrogen) atoms. The van der Waals surface area contributed by atoms with Gasteiger partial charge in [0.25, 0.3) is 0 Å². The van der Waals surface area contributed by atoms with Crippen molar-refractivity contribution >= 4 is 15.8 Å². The van der Waals surface area contributed by atoms with Crippen LogP contribution in [0.2, 0.25) is 0 Å². The minimum Gasteiger partial charge on any atom is -0.372 e. The van der Waals surface area contributed by atoms with E-state index in [2.05, 4.69) is 18.7 Å². The molecule has 1 aromatic rings. The van der Waals surface area contributed by atoms with Crippen molar-refractivity contribution < 1.29 is 13.2 Å². The molecule has 0 N–H and O–H groups in total. The van der Waals surface area contributed by atoms with Crippen molar-refractivity contribution in [1.82, 2.24) is 9.21 Å². The minimum absolute atomic E-state index is 0.0216. The standard InChI is InChI=1S/C19H26N2O3S/c1-15-4-6-18(7-5-15)25(23,24)21-10-8-20(9-11-21)16-12-17(22)14-19(2,3)13-16/h4-7,12H,8-11,13-14H2,1-3H3. The molecule has 1 fully saturated rings. The molecule has 1 heterocycles. The molecule has 1 aliphatic carbocycles. The number of nitrogens with zero attached hydrogens (tertiary/aromatic N) is 2. The number of ketones is 1. The van der Waals surface area contributed by atoms with E-state index in [4.69, 9.17) is 0 Å². The third-order valence-electron chi connectivity index (χ3n) is 4.94. The molecule has 2 aliphatic rings. The summed E-state index contributed by atoms with van der Waals surface area (Å²) in [6.45, 7) is 8.30. The van der Waals surface area contributed by atoms with Crippen LogP contribution < -0.4 is 0 Å². The molecule has 0 aromatic heterocycles. The Morgan fingerprint density at radius 2 is 1.56 bits per heavy atom. The lowest BCUT2D eigenvalue weighted by Gasteiger charge is -2.40. The quantitative estimate of drug-likeness (QED) is 0.829. The Kier molecular flexibility index (Phi) is 4.77. The molecule has 6 heteroatoms. The fourth-order valence-electron chi connectivity index (χ4n) is 3.59. The Balaban J connectivity index is 1.69. The number of hydrogen-bond acceptors (Lipinski definition) is 4. The number of sulfonamides is 1. The topological polar surface area (TPSA) is 57.7 Å². The predicted molar refractivity (Wildman–Crippen MR) is 97.6 cm³/mol. The average Bonchev–Trinajstić information content (AvgIpc) is 2.53. The van der Waals surface area contributed by atoms with Crippen LogP contribution in [0.15, 0.2) is 40.9 Å². The highest BCUT2D eigenvalue weighted by Crippen LogP contribution is 2.35. The SMILES string of the molecule is Cc1ccc(S(=O)(=O)N2CCN(C3=CC(=O)CC(C)(C)C3)CC2)cc1. The van der Waals surface area contributed by atoms with Gasteiger partial charge in [-0.1, -0.05) is 31.5 Å². The highest BCUT2D eigenvalue weighted by atomic mass is 32.2. The second kappa shape index (κ2) is 6.57. The fourth-order valence-corrected chi connectivity index (χ4v) is 5.01. The Bertz CT molecular complexity index is 786. The molecule has 0 amide bonds. The molecular formula is C19H26N2O3S. The van der Waals surface area contributed by atoms with Crippen LogP contribution in [0.3, 0.4) is 0 Å². The van der Waals surface area contributed by atoms with Crippen molar-refractivity contribution in [1.29, 1.82) is 0 Å². The maximum Gasteiger partial charge on any atom is 0.243 e. The van der Waals surface area contributed by atoms with E-state index in [0.717, 1.165) is 17.7 Å². The number of allylic oxidation sites excluding steroid dienone is 2. The van der Waals surface area contributed by atoms with Crippen molar-refractivity contribution in [3.05, 3.63) is 41.6 Å². The molecule has 0 atom stereocenters. The van der Waals surface area contributed by atoms with Gasteiger partial charge in [0, 0.05) is 44.4 Å². The summed E-state index contributed by atoms with van der Waals surface area (Å²) in [5.74, 6) is 0.168. The van der Waals surface area contributed by atoms with E-state index in [1.165, 1.54) is 0 Å². The molecule has 0 saturated carbocycles. The molecular weight excluding hydrogens is 336 g/mol. The van der Waals surface area contributed by atoms with Gasteiger partial charge >= 0.3 is 0 Å². The monoisotopic (exact) mass is 362 g/mol. The maximum atomic E-state index is 12.8. The predicted octanol–water partition coefficient (Wildman–Crippen LogP) is 2.57. The van der Waals surface area contributed by atoms with Crippen LogP contribution in [-0.2, 0) is 14.8 Å². The molecule has 0 spiro atoms. The lowest BCUT2D eigenvalue weighted by atomic mass is 9.78. The molecule has 0 radical (unpaired) electrons. The van der Waals surface area contributed by atoms with Crippen LogP contribution in [0.5, 0.6) is 0 Å². The summed E-state index contributed by atoms with van der Waals surface area (Å²) in [4.78, 5) is 14.5. The summed E-state index contributed by atoms with van der Waals surface area (Å²) in [7, 11) is -3.45. The average molecular weight is 362 g/mol. The van der Waals surface area contributed by atoms with Crippen molar-refractivity contribution in [3.8, 4) is 0 Å². The van der Waals surface area contributed by atoms with Gasteiger partial charge in [-0.05, 0) is 30.9 Å². The van der Waals surface area contributed by atoms with Gasteiger partial charge in [0.2, 0.25) is 10.0 Å². The molecule has 3 rings (SSSR count). The first-order valence-electron chi connectivity index (χ1n) is 8.73. The van der Waals surface area contributed by atoms with Crippen LogP contribution in [0.4, 0.5) is 0 Å². The second-order valence-corrected chi connectivity index (χ2v) is 9.76. The van der Waals surface area contributed by atoms with Crippen LogP contribution in [0.25, 0.3) is 0 Å². The van der Waals surface area contributed by atoms with E-state index in [1.807, 2.05) is 19.1 Å². The Morgan fingerprint density at radius 1 is 0.960 bits per heavy atom. The lowest BCUT2D eigenvalue weighted by molar-refractivity contribution is -0.117. The van der Waals surface area contributed by atoms with Gasteiger partial charge in [-0.2, -0.15) is 4.31 Å². The molecule has 0 unspecified atom stereocenters. The van der Waals surface area contributed by atoms with Crippen LogP contribution >= 0.6 is 0 Å². The fraction of sp³-hybridized carbons (Fsp3) is 0.526. The van der Waals surface area contributed by atoms with E-state index in [0.29, 0.717) is 37.5 Å². The van der Waals surface area contributed by atoms with Gasteiger partial charge in [0.15, 0.2) is 5.78 Å². The van der Waals surface area contributed by atoms with Crippen LogP contribution in [0, 0.1) is 12.3 Å². The first-order chi connectivity index (χ1) is 11.7. The first kappa shape index (κ1) is 18.1. The highest BCUT2D eigenvalue weighted by Gasteiger charge is 2.33. The largest absolute Gasteiger partial charge is 0.372 e. The smallest absolute Gasteiger partial charge is 0.243 e. The van der Waals surface area contributed by atoms with Gasteiger partial charge in [-0.3, -0.25) is 4.79 Å². The van der Waals surface area contributed by atoms with Crippen LogP contribution in [0.1, 0.15) is 32.3 Å². The van der Waals surface area contributed by atoms with Gasteiger partial charge in [-0.15, -0.1) is 0 Å². The summed E-state index contributed by atoms with van der Waals surface area (Å²) in [6, 6.07) is 6.98. The van der Waals surface area contributed by atoms with Gasteiger partial charge in [-0.25, -0.2) is 8.42 Å². The number of rotatable bonds is 3. The van der Waals surface area contributed by atoms with E-state index in [9.17, 15) is 13.2 Å². The van der Waals surface area contributed by atoms with E-state index in [1.54, 1.807) is 22.5 Å². The summed E-state index contributed by atoms with van der Waals surface area (Å²) < 4.78 is 27.1. The zero-order valence-corrected chi connectivity index (χ0v) is 16.0. The molecule has 136 valence electrons. The van der Waals surface area contributed by atoms with Crippen molar-refractivity contribution in [3.63, 3.8) is 0 Å². The van der Waals surface area contributed by atoms with Crippen LogP contribution in [-0.4, -0.2) is 49.6 Å². The van der Waals surface area contributed by atoms with E-state index < -0.39 is 10.0 Å². The zero-order chi connectivity index (χ0) is 18.2. The molecule has 1 aliphatic heterocycles. The van der Waals surface area contributed by atoms with E-state index >= 15 is 0 Å². The lowest BCUT2D eigenvalue weighted by Crippen LogP contribution is -2.49. The van der Waals surface area contributed by atoms with E-state index in [-0.39, 0.29) is 11.2 Å². The number of carbonyl (C=O) groups is 1. The van der Waals surface area contributed by atoms with Gasteiger partial charge < -0.3 is 4.90 Å². The summed E-state index contributed by atoms with van der Waals surface area (Å²) in [6.07, 6.45) is 3.19. The molecule has 1 aromatic carbocycles. The summed E-state index contributed by atoms with van der Waals surface area (Å²) in [5.41, 5.74) is 2.07. The third-order valence-corrected chi connectivity index (χ3v) is 6.86. The Morgan fingerprint density at radius 3 is 2.12 bits per heavy atom. The minimum atomic E-state index is -3.45. The Hall–Kier alpha value is -1.66. The normalized spacial score (nSPS) is 22.0. The first-order valence-corrected chi connectivity index (χ1v) is 10.2.